The number of urea groups is 1. The van der Waals surface area contributed by atoms with Crippen LogP contribution in [-0.2, 0) is 6.54 Å². The number of fused-ring (bicyclic) bond motifs is 1. The van der Waals surface area contributed by atoms with Gasteiger partial charge in [-0.05, 0) is 19.8 Å². The van der Waals surface area contributed by atoms with E-state index >= 15 is 8.78 Å². The van der Waals surface area contributed by atoms with Crippen LogP contribution in [0.1, 0.15) is 38.2 Å². The van der Waals surface area contributed by atoms with Crippen molar-refractivity contribution in [2.24, 2.45) is 0 Å². The molecule has 12 heteroatoms. The van der Waals surface area contributed by atoms with Crippen molar-refractivity contribution in [3.05, 3.63) is 29.5 Å². The number of carbonyl (C=O) groups is 1. The highest BCUT2D eigenvalue weighted by molar-refractivity contribution is 6.06. The molecular weight excluding hydrogens is 464 g/mol. The van der Waals surface area contributed by atoms with Crippen molar-refractivity contribution < 1.29 is 33.3 Å². The first kappa shape index (κ1) is 24.9. The number of carbonyl (C=O) groups excluding carboxylic acids is 1. The van der Waals surface area contributed by atoms with Gasteiger partial charge in [0, 0.05) is 30.4 Å². The number of amides is 2. The van der Waals surface area contributed by atoms with E-state index in [2.05, 4.69) is 15.3 Å². The lowest BCUT2D eigenvalue weighted by atomic mass is 10.1. The lowest BCUT2D eigenvalue weighted by Gasteiger charge is -2.39. The normalized spacial score (nSPS) is 17.9. The first-order chi connectivity index (χ1) is 16.8. The smallest absolute Gasteiger partial charge is 0.330 e. The number of nitrogens with zero attached hydrogens (tertiary/aromatic N) is 4. The Morgan fingerprint density at radius 1 is 1.17 bits per heavy atom. The second-order valence-electron chi connectivity index (χ2n) is 8.67. The van der Waals surface area contributed by atoms with Crippen LogP contribution in [-0.4, -0.2) is 65.2 Å². The minimum atomic E-state index is -1.04. The van der Waals surface area contributed by atoms with Crippen LogP contribution in [0.25, 0.3) is 0 Å². The molecular formula is C23H29F2N5O5. The summed E-state index contributed by atoms with van der Waals surface area (Å²) in [6.45, 7) is 1.29. The standard InChI is InChI=1S/C23H29F2N5O5/c1-12(31)15(32)10-27-22-26-9-13-11-29(20-18(24)16(34-2)8-17(35-3)19(20)25)23(33)30(21(13)28-22)14-6-4-5-7-14/h8-9,12,14-15,31-32H,4-7,10-11H2,1-3H3,(H,26,27,28). The SMILES string of the molecule is COc1cc(OC)c(F)c(N2Cc3cnc(NCC(O)C(C)O)nc3N(C3CCCC3)C2=O)c1F. The maximum Gasteiger partial charge on any atom is 0.330 e. The fourth-order valence-electron chi connectivity index (χ4n) is 4.40. The summed E-state index contributed by atoms with van der Waals surface area (Å²) in [6, 6.07) is 0.271. The maximum atomic E-state index is 15.3. The van der Waals surface area contributed by atoms with Crippen molar-refractivity contribution in [1.29, 1.82) is 0 Å². The highest BCUT2D eigenvalue weighted by Crippen LogP contribution is 2.42. The van der Waals surface area contributed by atoms with Gasteiger partial charge in [0.15, 0.2) is 23.1 Å². The van der Waals surface area contributed by atoms with Crippen LogP contribution in [0.2, 0.25) is 0 Å². The molecule has 0 spiro atoms. The molecule has 2 unspecified atom stereocenters. The van der Waals surface area contributed by atoms with Gasteiger partial charge in [-0.25, -0.2) is 18.6 Å². The molecule has 190 valence electrons. The van der Waals surface area contributed by atoms with Gasteiger partial charge in [0.2, 0.25) is 5.95 Å². The first-order valence-corrected chi connectivity index (χ1v) is 11.4. The molecule has 0 radical (unpaired) electrons. The highest BCUT2D eigenvalue weighted by atomic mass is 19.1. The predicted octanol–water partition coefficient (Wildman–Crippen LogP) is 2.81. The summed E-state index contributed by atoms with van der Waals surface area (Å²) in [5.74, 6) is -2.03. The molecule has 35 heavy (non-hydrogen) atoms. The van der Waals surface area contributed by atoms with Crippen LogP contribution in [0.3, 0.4) is 0 Å². The summed E-state index contributed by atoms with van der Waals surface area (Å²) in [5.41, 5.74) is -0.0687. The summed E-state index contributed by atoms with van der Waals surface area (Å²) in [5, 5.41) is 22.2. The van der Waals surface area contributed by atoms with Crippen LogP contribution < -0.4 is 24.6 Å². The molecule has 10 nitrogen and oxygen atoms in total. The number of anilines is 3. The number of halogens is 2. The van der Waals surface area contributed by atoms with Crippen molar-refractivity contribution in [3.63, 3.8) is 0 Å². The molecule has 0 saturated heterocycles. The Balaban J connectivity index is 1.76. The monoisotopic (exact) mass is 493 g/mol. The zero-order valence-corrected chi connectivity index (χ0v) is 19.8. The molecule has 1 saturated carbocycles. The van der Waals surface area contributed by atoms with Crippen LogP contribution >= 0.6 is 0 Å². The van der Waals surface area contributed by atoms with E-state index < -0.39 is 35.6 Å². The van der Waals surface area contributed by atoms with Gasteiger partial charge in [-0.3, -0.25) is 9.80 Å². The van der Waals surface area contributed by atoms with Gasteiger partial charge in [0.25, 0.3) is 0 Å². The molecule has 2 aliphatic rings. The lowest BCUT2D eigenvalue weighted by molar-refractivity contribution is 0.0399. The van der Waals surface area contributed by atoms with Gasteiger partial charge in [-0.15, -0.1) is 0 Å². The van der Waals surface area contributed by atoms with Crippen LogP contribution in [0, 0.1) is 11.6 Å². The molecule has 3 N–H and O–H groups in total. The number of hydrogen-bond acceptors (Lipinski definition) is 8. The topological polar surface area (TPSA) is 120 Å². The van der Waals surface area contributed by atoms with Crippen molar-refractivity contribution >= 4 is 23.5 Å². The Hall–Kier alpha value is -3.25. The van der Waals surface area contributed by atoms with Gasteiger partial charge in [-0.2, -0.15) is 4.98 Å². The van der Waals surface area contributed by atoms with Gasteiger partial charge < -0.3 is 25.0 Å². The highest BCUT2D eigenvalue weighted by Gasteiger charge is 2.41. The van der Waals surface area contributed by atoms with Gasteiger partial charge in [0.1, 0.15) is 11.5 Å². The summed E-state index contributed by atoms with van der Waals surface area (Å²) in [6.07, 6.45) is 2.76. The zero-order chi connectivity index (χ0) is 25.3. The van der Waals surface area contributed by atoms with E-state index in [9.17, 15) is 15.0 Å². The number of hydrogen-bond donors (Lipinski definition) is 3. The van der Waals surface area contributed by atoms with E-state index in [4.69, 9.17) is 9.47 Å². The third-order valence-electron chi connectivity index (χ3n) is 6.37. The average molecular weight is 494 g/mol. The van der Waals surface area contributed by atoms with Crippen molar-refractivity contribution in [2.45, 2.75) is 57.4 Å². The summed E-state index contributed by atoms with van der Waals surface area (Å²) in [4.78, 5) is 24.9. The Kier molecular flexibility index (Phi) is 7.22. The molecule has 4 rings (SSSR count). The van der Waals surface area contributed by atoms with Crippen LogP contribution in [0.5, 0.6) is 11.5 Å². The summed E-state index contributed by atoms with van der Waals surface area (Å²) in [7, 11) is 2.49. The number of nitrogens with one attached hydrogen (secondary N) is 1. The molecule has 1 aromatic heterocycles. The van der Waals surface area contributed by atoms with Gasteiger partial charge in [0.05, 0.1) is 33.0 Å². The number of methoxy groups -OCH3 is 2. The number of aromatic nitrogens is 2. The summed E-state index contributed by atoms with van der Waals surface area (Å²) >= 11 is 0. The number of aliphatic hydroxyl groups is 2. The number of ether oxygens (including phenoxy) is 2. The number of rotatable bonds is 8. The maximum absolute atomic E-state index is 15.3. The second-order valence-corrected chi connectivity index (χ2v) is 8.67. The molecule has 1 aromatic carbocycles. The van der Waals surface area contributed by atoms with Crippen LogP contribution in [0.15, 0.2) is 12.3 Å². The third-order valence-corrected chi connectivity index (χ3v) is 6.37. The molecule has 2 amide bonds. The molecule has 2 heterocycles. The van der Waals surface area contributed by atoms with Crippen molar-refractivity contribution in [3.8, 4) is 11.5 Å². The lowest BCUT2D eigenvalue weighted by Crippen LogP contribution is -2.52. The van der Waals surface area contributed by atoms with E-state index in [0.29, 0.717) is 11.4 Å². The van der Waals surface area contributed by atoms with Gasteiger partial charge >= 0.3 is 6.03 Å². The minimum absolute atomic E-state index is 0.0000195. The second kappa shape index (κ2) is 10.2. The molecule has 1 aliphatic heterocycles. The largest absolute Gasteiger partial charge is 0.493 e. The molecule has 1 aliphatic carbocycles. The Morgan fingerprint density at radius 3 is 2.37 bits per heavy atom. The van der Waals surface area contributed by atoms with E-state index in [-0.39, 0.29) is 36.6 Å². The van der Waals surface area contributed by atoms with Crippen LogP contribution in [0.4, 0.5) is 31.0 Å². The minimum Gasteiger partial charge on any atom is -0.493 e. The Labute approximate surface area is 201 Å². The molecule has 2 aromatic rings. The van der Waals surface area contributed by atoms with E-state index in [1.807, 2.05) is 0 Å². The zero-order valence-electron chi connectivity index (χ0n) is 19.8. The van der Waals surface area contributed by atoms with Crippen molar-refractivity contribution in [2.75, 3.05) is 35.9 Å². The van der Waals surface area contributed by atoms with E-state index in [0.717, 1.165) is 36.6 Å². The van der Waals surface area contributed by atoms with E-state index in [1.165, 1.54) is 32.2 Å². The fraction of sp³-hybridized carbons (Fsp3) is 0.522. The van der Waals surface area contributed by atoms with Crippen molar-refractivity contribution in [1.82, 2.24) is 9.97 Å². The third kappa shape index (κ3) is 4.67. The molecule has 0 bridgehead atoms. The summed E-state index contributed by atoms with van der Waals surface area (Å²) < 4.78 is 40.6. The Bertz CT molecular complexity index is 1070. The van der Waals surface area contributed by atoms with Gasteiger partial charge in [-0.1, -0.05) is 12.8 Å². The number of aliphatic hydroxyl groups excluding tert-OH is 2. The molecule has 1 fully saturated rings. The van der Waals surface area contributed by atoms with E-state index in [1.54, 1.807) is 0 Å². The fourth-order valence-corrected chi connectivity index (χ4v) is 4.40. The quantitative estimate of drug-likeness (QED) is 0.514. The predicted molar refractivity (Wildman–Crippen MR) is 124 cm³/mol. The number of benzene rings is 1. The first-order valence-electron chi connectivity index (χ1n) is 11.4. The molecule has 2 atom stereocenters. The Morgan fingerprint density at radius 2 is 1.80 bits per heavy atom. The average Bonchev–Trinajstić information content (AvgIpc) is 3.37.